The zero-order valence-electron chi connectivity index (χ0n) is 12.7. The average molecular weight is 284 g/mol. The lowest BCUT2D eigenvalue weighted by molar-refractivity contribution is 0.0156. The van der Waals surface area contributed by atoms with Gasteiger partial charge in [0, 0.05) is 42.2 Å². The number of aromatic amines is 1. The SMILES string of the molecule is CC[C@@H]1C[C@H](CO)[C@@H]2c3[nH]c4ccccc4c3CCN2C1. The van der Waals surface area contributed by atoms with Crippen LogP contribution in [0.4, 0.5) is 0 Å². The zero-order valence-corrected chi connectivity index (χ0v) is 12.7. The minimum atomic E-state index is 0.298. The maximum absolute atomic E-state index is 9.90. The number of fused-ring (bicyclic) bond motifs is 5. The quantitative estimate of drug-likeness (QED) is 0.889. The van der Waals surface area contributed by atoms with Gasteiger partial charge in [-0.3, -0.25) is 4.90 Å². The van der Waals surface area contributed by atoms with Crippen LogP contribution in [0.2, 0.25) is 0 Å². The van der Waals surface area contributed by atoms with Crippen molar-refractivity contribution in [3.05, 3.63) is 35.5 Å². The number of nitrogens with zero attached hydrogens (tertiary/aromatic N) is 1. The Morgan fingerprint density at radius 1 is 1.33 bits per heavy atom. The summed E-state index contributed by atoms with van der Waals surface area (Å²) in [6.45, 7) is 4.89. The molecule has 0 aliphatic carbocycles. The van der Waals surface area contributed by atoms with E-state index in [0.717, 1.165) is 25.3 Å². The molecule has 2 aliphatic heterocycles. The number of hydrogen-bond donors (Lipinski definition) is 2. The predicted octanol–water partition coefficient (Wildman–Crippen LogP) is 3.11. The van der Waals surface area contributed by atoms with Crippen molar-refractivity contribution in [1.82, 2.24) is 9.88 Å². The number of aromatic nitrogens is 1. The molecule has 3 atom stereocenters. The monoisotopic (exact) mass is 284 g/mol. The van der Waals surface area contributed by atoms with Gasteiger partial charge in [0.25, 0.3) is 0 Å². The summed E-state index contributed by atoms with van der Waals surface area (Å²) in [5.41, 5.74) is 4.11. The smallest absolute Gasteiger partial charge is 0.0552 e. The fraction of sp³-hybridized carbons (Fsp3) is 0.556. The van der Waals surface area contributed by atoms with Crippen LogP contribution in [0.5, 0.6) is 0 Å². The third-order valence-corrected chi connectivity index (χ3v) is 5.57. The van der Waals surface area contributed by atoms with Gasteiger partial charge in [-0.1, -0.05) is 31.5 Å². The van der Waals surface area contributed by atoms with Crippen molar-refractivity contribution in [2.75, 3.05) is 19.7 Å². The van der Waals surface area contributed by atoms with Crippen molar-refractivity contribution >= 4 is 10.9 Å². The van der Waals surface area contributed by atoms with E-state index in [2.05, 4.69) is 41.1 Å². The fourth-order valence-corrected chi connectivity index (χ4v) is 4.49. The minimum Gasteiger partial charge on any atom is -0.396 e. The summed E-state index contributed by atoms with van der Waals surface area (Å²) >= 11 is 0. The first-order chi connectivity index (χ1) is 10.3. The minimum absolute atomic E-state index is 0.298. The first-order valence-electron chi connectivity index (χ1n) is 8.26. The van der Waals surface area contributed by atoms with Crippen molar-refractivity contribution in [1.29, 1.82) is 0 Å². The molecule has 3 nitrogen and oxygen atoms in total. The average Bonchev–Trinajstić information content (AvgIpc) is 2.92. The molecule has 0 unspecified atom stereocenters. The molecule has 1 aromatic carbocycles. The summed E-state index contributed by atoms with van der Waals surface area (Å²) in [7, 11) is 0. The summed E-state index contributed by atoms with van der Waals surface area (Å²) < 4.78 is 0. The normalized spacial score (nSPS) is 29.3. The van der Waals surface area contributed by atoms with Crippen LogP contribution >= 0.6 is 0 Å². The van der Waals surface area contributed by atoms with Crippen molar-refractivity contribution in [3.8, 4) is 0 Å². The first-order valence-corrected chi connectivity index (χ1v) is 8.26. The highest BCUT2D eigenvalue weighted by Gasteiger charge is 2.40. The van der Waals surface area contributed by atoms with E-state index in [4.69, 9.17) is 0 Å². The van der Waals surface area contributed by atoms with E-state index in [0.29, 0.717) is 18.6 Å². The molecule has 3 heterocycles. The van der Waals surface area contributed by atoms with Crippen LogP contribution in [-0.4, -0.2) is 34.7 Å². The molecule has 1 aromatic heterocycles. The number of benzene rings is 1. The lowest BCUT2D eigenvalue weighted by Crippen LogP contribution is -2.47. The maximum atomic E-state index is 9.90. The van der Waals surface area contributed by atoms with Gasteiger partial charge in [0.2, 0.25) is 0 Å². The van der Waals surface area contributed by atoms with E-state index in [-0.39, 0.29) is 0 Å². The van der Waals surface area contributed by atoms with Gasteiger partial charge in [0.05, 0.1) is 6.04 Å². The van der Waals surface area contributed by atoms with Gasteiger partial charge in [-0.15, -0.1) is 0 Å². The van der Waals surface area contributed by atoms with Gasteiger partial charge in [-0.25, -0.2) is 0 Å². The Bertz CT molecular complexity index is 648. The van der Waals surface area contributed by atoms with Crippen molar-refractivity contribution in [3.63, 3.8) is 0 Å². The molecule has 2 aromatic rings. The number of H-pyrrole nitrogens is 1. The van der Waals surface area contributed by atoms with Gasteiger partial charge in [-0.2, -0.15) is 0 Å². The van der Waals surface area contributed by atoms with Crippen LogP contribution in [0.25, 0.3) is 10.9 Å². The van der Waals surface area contributed by atoms with E-state index in [1.165, 1.54) is 35.1 Å². The van der Waals surface area contributed by atoms with Gasteiger partial charge in [0.1, 0.15) is 0 Å². The number of para-hydroxylation sites is 1. The number of hydrogen-bond acceptors (Lipinski definition) is 2. The summed E-state index contributed by atoms with van der Waals surface area (Å²) in [5, 5.41) is 11.3. The summed E-state index contributed by atoms with van der Waals surface area (Å²) in [4.78, 5) is 6.27. The molecule has 0 spiro atoms. The Morgan fingerprint density at radius 3 is 3.00 bits per heavy atom. The van der Waals surface area contributed by atoms with Crippen molar-refractivity contribution in [2.45, 2.75) is 32.2 Å². The summed E-state index contributed by atoms with van der Waals surface area (Å²) in [5.74, 6) is 1.11. The third-order valence-electron chi connectivity index (χ3n) is 5.57. The molecule has 0 saturated carbocycles. The molecule has 3 heteroatoms. The van der Waals surface area contributed by atoms with Gasteiger partial charge >= 0.3 is 0 Å². The number of rotatable bonds is 2. The molecule has 4 rings (SSSR count). The Labute approximate surface area is 126 Å². The van der Waals surface area contributed by atoms with E-state index >= 15 is 0 Å². The highest BCUT2D eigenvalue weighted by atomic mass is 16.3. The van der Waals surface area contributed by atoms with Gasteiger partial charge < -0.3 is 10.1 Å². The molecular formula is C18H24N2O. The molecule has 21 heavy (non-hydrogen) atoms. The van der Waals surface area contributed by atoms with Crippen molar-refractivity contribution in [2.24, 2.45) is 11.8 Å². The number of aliphatic hydroxyl groups is 1. The summed E-state index contributed by atoms with van der Waals surface area (Å²) in [6.07, 6.45) is 3.51. The van der Waals surface area contributed by atoms with Crippen LogP contribution < -0.4 is 0 Å². The van der Waals surface area contributed by atoms with E-state index in [1.807, 2.05) is 0 Å². The largest absolute Gasteiger partial charge is 0.396 e. The Balaban J connectivity index is 1.79. The Morgan fingerprint density at radius 2 is 2.19 bits per heavy atom. The fourth-order valence-electron chi connectivity index (χ4n) is 4.49. The topological polar surface area (TPSA) is 39.3 Å². The predicted molar refractivity (Wildman–Crippen MR) is 85.3 cm³/mol. The lowest BCUT2D eigenvalue weighted by Gasteiger charge is -2.46. The number of piperidine rings is 1. The maximum Gasteiger partial charge on any atom is 0.0552 e. The van der Waals surface area contributed by atoms with E-state index in [1.54, 1.807) is 0 Å². The van der Waals surface area contributed by atoms with Crippen LogP contribution in [0.3, 0.4) is 0 Å². The third kappa shape index (κ3) is 2.02. The molecule has 112 valence electrons. The molecule has 1 saturated heterocycles. The highest BCUT2D eigenvalue weighted by Crippen LogP contribution is 2.44. The van der Waals surface area contributed by atoms with E-state index < -0.39 is 0 Å². The zero-order chi connectivity index (χ0) is 14.4. The number of nitrogens with one attached hydrogen (secondary N) is 1. The molecule has 1 fully saturated rings. The number of aliphatic hydroxyl groups excluding tert-OH is 1. The molecule has 2 N–H and O–H groups in total. The standard InChI is InChI=1S/C18H24N2O/c1-2-12-9-13(11-21)18-17-15(7-8-20(18)10-12)14-5-3-4-6-16(14)19-17/h3-6,12-13,18-19,21H,2,7-11H2,1H3/t12-,13-,18-/m1/s1. The van der Waals surface area contributed by atoms with Crippen molar-refractivity contribution < 1.29 is 5.11 Å². The second kappa shape index (κ2) is 5.15. The molecule has 0 radical (unpaired) electrons. The van der Waals surface area contributed by atoms with Crippen LogP contribution in [0, 0.1) is 11.8 Å². The van der Waals surface area contributed by atoms with Gasteiger partial charge in [0.15, 0.2) is 0 Å². The molecule has 0 amide bonds. The van der Waals surface area contributed by atoms with Crippen LogP contribution in [-0.2, 0) is 6.42 Å². The van der Waals surface area contributed by atoms with E-state index in [9.17, 15) is 5.11 Å². The Hall–Kier alpha value is -1.32. The second-order valence-electron chi connectivity index (χ2n) is 6.71. The lowest BCUT2D eigenvalue weighted by atomic mass is 9.78. The highest BCUT2D eigenvalue weighted by molar-refractivity contribution is 5.85. The summed E-state index contributed by atoms with van der Waals surface area (Å²) in [6, 6.07) is 9.00. The first kappa shape index (κ1) is 13.4. The van der Waals surface area contributed by atoms with Crippen LogP contribution in [0.1, 0.15) is 37.1 Å². The molecule has 2 aliphatic rings. The Kier molecular flexibility index (Phi) is 3.27. The second-order valence-corrected chi connectivity index (χ2v) is 6.71. The molecule has 0 bridgehead atoms. The molecular weight excluding hydrogens is 260 g/mol. The van der Waals surface area contributed by atoms with Gasteiger partial charge in [-0.05, 0) is 30.4 Å². The van der Waals surface area contributed by atoms with Crippen LogP contribution in [0.15, 0.2) is 24.3 Å².